The quantitative estimate of drug-likeness (QED) is 0.624. The summed E-state index contributed by atoms with van der Waals surface area (Å²) in [4.78, 5) is 31.5. The van der Waals surface area contributed by atoms with E-state index in [0.717, 1.165) is 111 Å². The molecule has 0 amide bonds. The van der Waals surface area contributed by atoms with Crippen LogP contribution < -0.4 is 4.90 Å². The molecule has 6 nitrogen and oxygen atoms in total. The number of hydrogen-bond donors (Lipinski definition) is 2. The molecule has 34 heavy (non-hydrogen) atoms. The Balaban J connectivity index is 1.36. The molecule has 0 saturated carbocycles. The molecule has 0 atom stereocenters. The first kappa shape index (κ1) is 20.1. The summed E-state index contributed by atoms with van der Waals surface area (Å²) in [5.74, 6) is -0.502. The van der Waals surface area contributed by atoms with E-state index in [1.54, 1.807) is 0 Å². The number of Topliss-reactive ketones (excluding diaryl/α,β-unsaturated/α-hetero) is 2. The molecule has 1 aromatic rings. The highest BCUT2D eigenvalue weighted by molar-refractivity contribution is 6.41. The lowest BCUT2D eigenvalue weighted by molar-refractivity contribution is -0.114. The summed E-state index contributed by atoms with van der Waals surface area (Å²) in [6.07, 6.45) is 9.09. The number of piperidine rings is 1. The Bertz CT molecular complexity index is 1320. The highest BCUT2D eigenvalue weighted by atomic mass is 16.3. The Labute approximate surface area is 198 Å². The van der Waals surface area contributed by atoms with Crippen molar-refractivity contribution in [3.8, 4) is 5.75 Å². The van der Waals surface area contributed by atoms with Crippen LogP contribution in [0.1, 0.15) is 55.2 Å². The summed E-state index contributed by atoms with van der Waals surface area (Å²) >= 11 is 0. The molecular weight excluding hydrogens is 428 g/mol. The molecule has 1 saturated heterocycles. The summed E-state index contributed by atoms with van der Waals surface area (Å²) in [7, 11) is 0. The molecule has 6 heteroatoms. The fourth-order valence-corrected chi connectivity index (χ4v) is 6.95. The molecule has 2 aliphatic carbocycles. The zero-order valence-corrected chi connectivity index (χ0v) is 19.2. The number of hydrogen-bond acceptors (Lipinski definition) is 6. The number of allylic oxidation sites excluding steroid dienone is 6. The van der Waals surface area contributed by atoms with Gasteiger partial charge in [-0.15, -0.1) is 0 Å². The van der Waals surface area contributed by atoms with E-state index in [9.17, 15) is 19.8 Å². The minimum absolute atomic E-state index is 0.109. The number of aliphatic hydroxyl groups excluding tert-OH is 1. The monoisotopic (exact) mass is 456 g/mol. The fourth-order valence-electron chi connectivity index (χ4n) is 6.95. The molecule has 7 rings (SSSR count). The maximum Gasteiger partial charge on any atom is 0.202 e. The van der Waals surface area contributed by atoms with Gasteiger partial charge in [-0.25, -0.2) is 0 Å². The van der Waals surface area contributed by atoms with Crippen molar-refractivity contribution in [2.75, 3.05) is 31.1 Å². The van der Waals surface area contributed by atoms with E-state index >= 15 is 0 Å². The van der Waals surface area contributed by atoms with Gasteiger partial charge in [-0.3, -0.25) is 9.59 Å². The molecule has 2 N–H and O–H groups in total. The zero-order valence-electron chi connectivity index (χ0n) is 19.2. The number of aryl methyl sites for hydroxylation is 1. The number of nitrogens with zero attached hydrogens (tertiary/aromatic N) is 2. The minimum Gasteiger partial charge on any atom is -0.507 e. The van der Waals surface area contributed by atoms with Crippen molar-refractivity contribution in [3.63, 3.8) is 0 Å². The molecule has 0 spiro atoms. The molecule has 0 bridgehead atoms. The van der Waals surface area contributed by atoms with Gasteiger partial charge in [-0.1, -0.05) is 0 Å². The number of phenolic OH excluding ortho intramolecular Hbond substituents is 1. The number of aliphatic hydroxyl groups is 1. The maximum atomic E-state index is 13.4. The Morgan fingerprint density at radius 3 is 2.26 bits per heavy atom. The van der Waals surface area contributed by atoms with Crippen LogP contribution in [0.2, 0.25) is 0 Å². The van der Waals surface area contributed by atoms with E-state index in [1.807, 2.05) is 12.1 Å². The van der Waals surface area contributed by atoms with E-state index in [0.29, 0.717) is 11.1 Å². The van der Waals surface area contributed by atoms with Crippen molar-refractivity contribution in [2.24, 2.45) is 0 Å². The number of benzene rings is 1. The number of ketones is 2. The average Bonchev–Trinajstić information content (AvgIpc) is 2.85. The van der Waals surface area contributed by atoms with Crippen LogP contribution >= 0.6 is 0 Å². The normalized spacial score (nSPS) is 25.8. The third-order valence-electron chi connectivity index (χ3n) is 8.43. The topological polar surface area (TPSA) is 81.1 Å². The summed E-state index contributed by atoms with van der Waals surface area (Å²) < 4.78 is 0. The van der Waals surface area contributed by atoms with Gasteiger partial charge in [0.25, 0.3) is 0 Å². The van der Waals surface area contributed by atoms with Crippen LogP contribution in [-0.2, 0) is 22.4 Å². The SMILES string of the molecule is O=C1C2=C3C(=C/C1=C1/C(=O)C(c4cc5c6c(c4O)CCCN6CCC5)=C1O)CCCN3CCC2. The van der Waals surface area contributed by atoms with Gasteiger partial charge in [0.1, 0.15) is 11.5 Å². The molecule has 6 aliphatic rings. The molecule has 0 unspecified atom stereocenters. The number of anilines is 1. The fraction of sp³-hybridized carbons (Fsp3) is 0.429. The van der Waals surface area contributed by atoms with Gasteiger partial charge in [-0.2, -0.15) is 0 Å². The highest BCUT2D eigenvalue weighted by Gasteiger charge is 2.43. The molecular formula is C28H28N2O4. The van der Waals surface area contributed by atoms with E-state index < -0.39 is 0 Å². The second-order valence-electron chi connectivity index (χ2n) is 10.3. The number of carbonyl (C=O) groups is 2. The summed E-state index contributed by atoms with van der Waals surface area (Å²) in [6, 6.07) is 1.89. The predicted molar refractivity (Wildman–Crippen MR) is 129 cm³/mol. The van der Waals surface area contributed by atoms with Crippen LogP contribution in [0.25, 0.3) is 5.57 Å². The lowest BCUT2D eigenvalue weighted by Gasteiger charge is -2.41. The van der Waals surface area contributed by atoms with Gasteiger partial charge >= 0.3 is 0 Å². The molecule has 4 heterocycles. The van der Waals surface area contributed by atoms with Gasteiger partial charge in [0.15, 0.2) is 5.78 Å². The molecule has 174 valence electrons. The van der Waals surface area contributed by atoms with Gasteiger partial charge in [0.2, 0.25) is 5.78 Å². The summed E-state index contributed by atoms with van der Waals surface area (Å²) in [5, 5.41) is 22.3. The van der Waals surface area contributed by atoms with Gasteiger partial charge in [-0.05, 0) is 74.6 Å². The van der Waals surface area contributed by atoms with Crippen LogP contribution in [0, 0.1) is 0 Å². The van der Waals surface area contributed by atoms with Gasteiger partial charge in [0.05, 0.1) is 11.1 Å². The molecule has 1 fully saturated rings. The minimum atomic E-state index is -0.337. The standard InChI is InChI=1S/C28H28N2O4/c31-25-17-7-3-11-29-9-1-5-15(23(17)29)13-19(25)21-27(33)22(28(21)34)20-14-16-6-2-10-30-12-4-8-18(24(16)30)26(20)32/h13-14,31,33H,1-12H2/b22-20-. The van der Waals surface area contributed by atoms with Crippen LogP contribution in [-0.4, -0.2) is 52.9 Å². The van der Waals surface area contributed by atoms with Crippen LogP contribution in [0.3, 0.4) is 0 Å². The largest absolute Gasteiger partial charge is 0.507 e. The zero-order chi connectivity index (χ0) is 23.1. The van der Waals surface area contributed by atoms with E-state index in [2.05, 4.69) is 9.80 Å². The van der Waals surface area contributed by atoms with Crippen LogP contribution in [0.5, 0.6) is 5.75 Å². The van der Waals surface area contributed by atoms with Crippen molar-refractivity contribution in [1.29, 1.82) is 0 Å². The number of aromatic hydroxyl groups is 1. The third kappa shape index (κ3) is 2.57. The summed E-state index contributed by atoms with van der Waals surface area (Å²) in [6.45, 7) is 3.93. The van der Waals surface area contributed by atoms with E-state index in [-0.39, 0.29) is 34.2 Å². The van der Waals surface area contributed by atoms with Crippen molar-refractivity contribution in [1.82, 2.24) is 4.90 Å². The Kier molecular flexibility index (Phi) is 4.21. The molecule has 0 aromatic heterocycles. The average molecular weight is 457 g/mol. The van der Waals surface area contributed by atoms with Crippen LogP contribution in [0.15, 0.2) is 45.9 Å². The Hall–Kier alpha value is -3.28. The Morgan fingerprint density at radius 2 is 1.47 bits per heavy atom. The molecule has 4 aliphatic heterocycles. The number of phenols is 1. The predicted octanol–water partition coefficient (Wildman–Crippen LogP) is 3.89. The van der Waals surface area contributed by atoms with Crippen molar-refractivity contribution >= 4 is 22.8 Å². The van der Waals surface area contributed by atoms with Crippen LogP contribution in [0.4, 0.5) is 5.69 Å². The third-order valence-corrected chi connectivity index (χ3v) is 8.43. The first-order valence-corrected chi connectivity index (χ1v) is 12.6. The van der Waals surface area contributed by atoms with E-state index in [4.69, 9.17) is 0 Å². The van der Waals surface area contributed by atoms with Crippen molar-refractivity contribution in [3.05, 3.63) is 62.6 Å². The molecule has 0 radical (unpaired) electrons. The lowest BCUT2D eigenvalue weighted by Crippen LogP contribution is -2.38. The van der Waals surface area contributed by atoms with Crippen molar-refractivity contribution < 1.29 is 19.8 Å². The maximum absolute atomic E-state index is 13.4. The smallest absolute Gasteiger partial charge is 0.202 e. The first-order valence-electron chi connectivity index (χ1n) is 12.6. The van der Waals surface area contributed by atoms with Gasteiger partial charge in [0, 0.05) is 59.8 Å². The van der Waals surface area contributed by atoms with Gasteiger partial charge < -0.3 is 20.0 Å². The molecule has 1 aromatic carbocycles. The lowest BCUT2D eigenvalue weighted by atomic mass is 9.74. The van der Waals surface area contributed by atoms with Crippen molar-refractivity contribution in [2.45, 2.75) is 51.4 Å². The highest BCUT2D eigenvalue weighted by Crippen LogP contribution is 2.49. The Morgan fingerprint density at radius 1 is 0.765 bits per heavy atom. The first-order chi connectivity index (χ1) is 16.5. The second-order valence-corrected chi connectivity index (χ2v) is 10.3. The number of rotatable bonds is 1. The number of carbonyl (C=O) groups excluding carboxylic acids is 2. The summed E-state index contributed by atoms with van der Waals surface area (Å²) in [5.41, 5.74) is 7.14. The second kappa shape index (κ2) is 7.11. The van der Waals surface area contributed by atoms with E-state index in [1.165, 1.54) is 0 Å².